The van der Waals surface area contributed by atoms with Gasteiger partial charge >= 0.3 is 5.51 Å². The number of hydrogen-bond donors (Lipinski definition) is 1. The molecule has 1 heterocycles. The molecule has 0 spiro atoms. The minimum absolute atomic E-state index is 0.0137. The van der Waals surface area contributed by atoms with Crippen LogP contribution in [0.4, 0.5) is 23.2 Å². The van der Waals surface area contributed by atoms with E-state index in [-0.39, 0.29) is 18.3 Å². The fourth-order valence-corrected chi connectivity index (χ4v) is 3.59. The predicted octanol–water partition coefficient (Wildman–Crippen LogP) is 2.17. The largest absolute Gasteiger partial charge is 0.501 e. The first-order chi connectivity index (χ1) is 11.5. The molecule has 1 atom stereocenters. The van der Waals surface area contributed by atoms with Crippen LogP contribution in [0.5, 0.6) is 0 Å². The Balaban J connectivity index is 2.15. The smallest absolute Gasteiger partial charge is 0.382 e. The second-order valence-electron chi connectivity index (χ2n) is 6.16. The molecule has 5 nitrogen and oxygen atoms in total. The first-order valence-electron chi connectivity index (χ1n) is 7.80. The van der Waals surface area contributed by atoms with Crippen LogP contribution in [0.3, 0.4) is 0 Å². The van der Waals surface area contributed by atoms with Crippen LogP contribution < -0.4 is 5.32 Å². The number of halogens is 4. The van der Waals surface area contributed by atoms with Crippen LogP contribution in [0.15, 0.2) is 23.1 Å². The Hall–Kier alpha value is -1.39. The molecule has 2 rings (SSSR count). The van der Waals surface area contributed by atoms with Gasteiger partial charge in [0.1, 0.15) is 10.7 Å². The van der Waals surface area contributed by atoms with Crippen molar-refractivity contribution in [2.24, 2.45) is 0 Å². The maximum atomic E-state index is 13.3. The maximum Gasteiger partial charge on any atom is 0.501 e. The summed E-state index contributed by atoms with van der Waals surface area (Å²) >= 11 is 0. The summed E-state index contributed by atoms with van der Waals surface area (Å²) in [6.07, 6.45) is 0. The second kappa shape index (κ2) is 7.46. The molecule has 142 valence electrons. The average molecular weight is 383 g/mol. The lowest BCUT2D eigenvalue weighted by Gasteiger charge is -2.36. The van der Waals surface area contributed by atoms with E-state index in [1.807, 2.05) is 14.0 Å². The number of rotatable bonds is 5. The Labute approximate surface area is 144 Å². The van der Waals surface area contributed by atoms with Gasteiger partial charge in [-0.2, -0.15) is 13.2 Å². The van der Waals surface area contributed by atoms with Crippen molar-refractivity contribution in [2.75, 3.05) is 45.1 Å². The molecule has 1 aromatic carbocycles. The van der Waals surface area contributed by atoms with Gasteiger partial charge in [-0.05, 0) is 32.2 Å². The third kappa shape index (κ3) is 4.62. The molecule has 1 fully saturated rings. The highest BCUT2D eigenvalue weighted by molar-refractivity contribution is 7.92. The normalized spacial score (nSPS) is 19.0. The summed E-state index contributed by atoms with van der Waals surface area (Å²) in [6, 6.07) is 2.33. The van der Waals surface area contributed by atoms with Crippen molar-refractivity contribution in [3.05, 3.63) is 24.0 Å². The minimum Gasteiger partial charge on any atom is -0.382 e. The van der Waals surface area contributed by atoms with Crippen molar-refractivity contribution >= 4 is 15.5 Å². The summed E-state index contributed by atoms with van der Waals surface area (Å²) in [6.45, 7) is 5.55. The van der Waals surface area contributed by atoms with Gasteiger partial charge in [-0.3, -0.25) is 4.90 Å². The van der Waals surface area contributed by atoms with Gasteiger partial charge < -0.3 is 10.2 Å². The van der Waals surface area contributed by atoms with Crippen LogP contribution in [0, 0.1) is 5.82 Å². The number of nitrogens with zero attached hydrogens (tertiary/aromatic N) is 2. The third-order valence-electron chi connectivity index (χ3n) is 4.29. The van der Waals surface area contributed by atoms with Crippen LogP contribution in [0.1, 0.15) is 6.92 Å². The van der Waals surface area contributed by atoms with Gasteiger partial charge in [-0.1, -0.05) is 0 Å². The van der Waals surface area contributed by atoms with Crippen LogP contribution in [0.25, 0.3) is 0 Å². The summed E-state index contributed by atoms with van der Waals surface area (Å²) in [4.78, 5) is 3.24. The Bertz CT molecular complexity index is 701. The van der Waals surface area contributed by atoms with Crippen molar-refractivity contribution in [1.82, 2.24) is 9.80 Å². The molecule has 25 heavy (non-hydrogen) atoms. The first-order valence-corrected chi connectivity index (χ1v) is 9.28. The molecule has 1 aliphatic heterocycles. The second-order valence-corrected chi connectivity index (χ2v) is 8.07. The van der Waals surface area contributed by atoms with Gasteiger partial charge in [0.25, 0.3) is 9.84 Å². The van der Waals surface area contributed by atoms with E-state index >= 15 is 0 Å². The molecule has 10 heteroatoms. The van der Waals surface area contributed by atoms with E-state index in [9.17, 15) is 26.0 Å². The minimum atomic E-state index is -5.63. The lowest BCUT2D eigenvalue weighted by atomic mass is 10.2. The van der Waals surface area contributed by atoms with Crippen LogP contribution in [-0.4, -0.2) is 69.5 Å². The van der Waals surface area contributed by atoms with Gasteiger partial charge in [0.15, 0.2) is 0 Å². The number of sulfone groups is 1. The Morgan fingerprint density at radius 2 is 1.80 bits per heavy atom. The molecule has 0 saturated carbocycles. The predicted molar refractivity (Wildman–Crippen MR) is 86.7 cm³/mol. The molecule has 1 aliphatic rings. The summed E-state index contributed by atoms with van der Waals surface area (Å²) < 4.78 is 75.1. The molecular weight excluding hydrogens is 362 g/mol. The van der Waals surface area contributed by atoms with Gasteiger partial charge in [0, 0.05) is 38.8 Å². The molecule has 1 unspecified atom stereocenters. The molecule has 0 radical (unpaired) electrons. The number of nitrogens with one attached hydrogen (secondary N) is 1. The Morgan fingerprint density at radius 1 is 1.20 bits per heavy atom. The van der Waals surface area contributed by atoms with E-state index in [4.69, 9.17) is 0 Å². The highest BCUT2D eigenvalue weighted by Crippen LogP contribution is 2.34. The molecule has 0 bridgehead atoms. The number of hydrogen-bond acceptors (Lipinski definition) is 5. The highest BCUT2D eigenvalue weighted by atomic mass is 32.2. The van der Waals surface area contributed by atoms with E-state index in [1.54, 1.807) is 0 Å². The number of alkyl halides is 3. The number of benzene rings is 1. The summed E-state index contributed by atoms with van der Waals surface area (Å²) in [5.74, 6) is -1.04. The standard InChI is InChI=1S/C15H21F4N3O2S/c1-11(22-7-5-21(2)6-8-22)10-20-13-4-3-12(16)9-14(13)25(23,24)15(17,18)19/h3-4,9,11,20H,5-8,10H2,1-2H3. The van der Waals surface area contributed by atoms with Crippen molar-refractivity contribution in [3.63, 3.8) is 0 Å². The Kier molecular flexibility index (Phi) is 5.95. The van der Waals surface area contributed by atoms with E-state index in [2.05, 4.69) is 15.1 Å². The fraction of sp³-hybridized carbons (Fsp3) is 0.600. The zero-order chi connectivity index (χ0) is 18.8. The van der Waals surface area contributed by atoms with E-state index < -0.39 is 26.1 Å². The quantitative estimate of drug-likeness (QED) is 0.790. The zero-order valence-corrected chi connectivity index (χ0v) is 14.8. The van der Waals surface area contributed by atoms with Crippen molar-refractivity contribution < 1.29 is 26.0 Å². The molecule has 1 aromatic rings. The fourth-order valence-electron chi connectivity index (χ4n) is 2.64. The molecular formula is C15H21F4N3O2S. The lowest BCUT2D eigenvalue weighted by molar-refractivity contribution is -0.0435. The summed E-state index contributed by atoms with van der Waals surface area (Å²) in [5, 5.41) is 2.73. The molecule has 1 saturated heterocycles. The van der Waals surface area contributed by atoms with Gasteiger partial charge in [0.05, 0.1) is 5.69 Å². The maximum absolute atomic E-state index is 13.3. The first kappa shape index (κ1) is 19.9. The molecule has 1 N–H and O–H groups in total. The van der Waals surface area contributed by atoms with Crippen molar-refractivity contribution in [3.8, 4) is 0 Å². The van der Waals surface area contributed by atoms with E-state index in [0.717, 1.165) is 38.3 Å². The molecule has 0 aromatic heterocycles. The van der Waals surface area contributed by atoms with Gasteiger partial charge in [0.2, 0.25) is 0 Å². The topological polar surface area (TPSA) is 52.7 Å². The zero-order valence-electron chi connectivity index (χ0n) is 14.0. The van der Waals surface area contributed by atoms with Crippen LogP contribution in [-0.2, 0) is 9.84 Å². The summed E-state index contributed by atoms with van der Waals surface area (Å²) in [7, 11) is -3.63. The van der Waals surface area contributed by atoms with Gasteiger partial charge in [-0.25, -0.2) is 12.8 Å². The average Bonchev–Trinajstić information content (AvgIpc) is 2.53. The van der Waals surface area contributed by atoms with Crippen molar-refractivity contribution in [1.29, 1.82) is 0 Å². The van der Waals surface area contributed by atoms with Gasteiger partial charge in [-0.15, -0.1) is 0 Å². The van der Waals surface area contributed by atoms with Crippen LogP contribution in [0.2, 0.25) is 0 Å². The molecule has 0 amide bonds. The van der Waals surface area contributed by atoms with Crippen LogP contribution >= 0.6 is 0 Å². The molecule has 0 aliphatic carbocycles. The number of likely N-dealkylation sites (N-methyl/N-ethyl adjacent to an activating group) is 1. The highest BCUT2D eigenvalue weighted by Gasteiger charge is 2.48. The Morgan fingerprint density at radius 3 is 2.36 bits per heavy atom. The monoisotopic (exact) mass is 383 g/mol. The third-order valence-corrected chi connectivity index (χ3v) is 5.81. The summed E-state index contributed by atoms with van der Waals surface area (Å²) in [5.41, 5.74) is -5.74. The number of anilines is 1. The lowest BCUT2D eigenvalue weighted by Crippen LogP contribution is -2.49. The van der Waals surface area contributed by atoms with Crippen molar-refractivity contribution in [2.45, 2.75) is 23.4 Å². The SMILES string of the molecule is CC(CNc1ccc(F)cc1S(=O)(=O)C(F)(F)F)N1CCN(C)CC1. The van der Waals surface area contributed by atoms with E-state index in [1.165, 1.54) is 0 Å². The number of piperazine rings is 1. The van der Waals surface area contributed by atoms with E-state index in [0.29, 0.717) is 6.07 Å².